The molecule has 0 heterocycles. The van der Waals surface area contributed by atoms with Crippen LogP contribution >= 0.6 is 0 Å². The molecular formula is C32H24F5NO6. The highest BCUT2D eigenvalue weighted by Crippen LogP contribution is 2.29. The molecule has 0 aliphatic rings. The second kappa shape index (κ2) is 14.8. The maximum absolute atomic E-state index is 14.1. The lowest BCUT2D eigenvalue weighted by Crippen LogP contribution is -2.36. The third-order valence-electron chi connectivity index (χ3n) is 6.21. The van der Waals surface area contributed by atoms with Gasteiger partial charge in [-0.3, -0.25) is 4.79 Å². The number of esters is 2. The number of carbonyl (C=O) groups excluding carboxylic acids is 3. The van der Waals surface area contributed by atoms with Gasteiger partial charge in [-0.15, -0.1) is 0 Å². The Kier molecular flexibility index (Phi) is 10.6. The lowest BCUT2D eigenvalue weighted by atomic mass is 10.0. The molecule has 0 fully saturated rings. The lowest BCUT2D eigenvalue weighted by Gasteiger charge is -2.18. The largest absolute Gasteiger partial charge is 0.450 e. The van der Waals surface area contributed by atoms with E-state index in [4.69, 9.17) is 9.47 Å². The molecule has 0 aliphatic heterocycles. The van der Waals surface area contributed by atoms with E-state index in [1.165, 1.54) is 0 Å². The topological polar surface area (TPSA) is 90.9 Å². The van der Waals surface area contributed by atoms with E-state index in [0.717, 1.165) is 11.1 Å². The van der Waals surface area contributed by atoms with Crippen LogP contribution in [0.3, 0.4) is 0 Å². The molecule has 1 N–H and O–H groups in total. The van der Waals surface area contributed by atoms with Gasteiger partial charge in [0, 0.05) is 13.0 Å². The summed E-state index contributed by atoms with van der Waals surface area (Å²) in [5.41, 5.74) is 2.99. The predicted octanol–water partition coefficient (Wildman–Crippen LogP) is 6.43. The molecule has 0 saturated carbocycles. The van der Waals surface area contributed by atoms with Crippen LogP contribution in [-0.4, -0.2) is 30.7 Å². The van der Waals surface area contributed by atoms with E-state index in [1.54, 1.807) is 54.6 Å². The summed E-state index contributed by atoms with van der Waals surface area (Å²) in [5.74, 6) is -16.4. The second-order valence-corrected chi connectivity index (χ2v) is 9.32. The fraction of sp³-hybridized carbons (Fsp3) is 0.156. The standard InChI is InChI=1S/C32H24F5NO6/c33-25-26(34)28(36)30(29(37)27(25)35)44-31(40)23(15-16-38-32(41)42-18-20-7-3-1-4-8-20)43-24(39)17-19-11-13-22(14-12-19)21-9-5-2-6-10-21/h1-14,23H,15-18H2,(H,38,41). The Labute approximate surface area is 248 Å². The number of ether oxygens (including phenoxy) is 3. The minimum Gasteiger partial charge on any atom is -0.450 e. The molecule has 0 aliphatic carbocycles. The summed E-state index contributed by atoms with van der Waals surface area (Å²) in [5, 5.41) is 2.32. The van der Waals surface area contributed by atoms with E-state index in [-0.39, 0.29) is 19.6 Å². The molecule has 0 aromatic heterocycles. The highest BCUT2D eigenvalue weighted by atomic mass is 19.2. The SMILES string of the molecule is O=C(Cc1ccc(-c2ccccc2)cc1)OC(CCNC(=O)OCc1ccccc1)C(=O)Oc1c(F)c(F)c(F)c(F)c1F. The maximum Gasteiger partial charge on any atom is 0.407 e. The van der Waals surface area contributed by atoms with Crippen molar-refractivity contribution in [1.29, 1.82) is 0 Å². The fourth-order valence-corrected chi connectivity index (χ4v) is 3.96. The van der Waals surface area contributed by atoms with Crippen LogP contribution in [0.1, 0.15) is 17.5 Å². The molecule has 228 valence electrons. The summed E-state index contributed by atoms with van der Waals surface area (Å²) in [6.07, 6.45) is -3.64. The van der Waals surface area contributed by atoms with Gasteiger partial charge in [0.05, 0.1) is 6.42 Å². The highest BCUT2D eigenvalue weighted by molar-refractivity contribution is 5.82. The van der Waals surface area contributed by atoms with Gasteiger partial charge in [0.1, 0.15) is 6.61 Å². The van der Waals surface area contributed by atoms with Crippen LogP contribution in [0.4, 0.5) is 26.7 Å². The number of carbonyl (C=O) groups is 3. The van der Waals surface area contributed by atoms with Crippen LogP contribution in [0, 0.1) is 29.1 Å². The Bertz CT molecular complexity index is 1590. The van der Waals surface area contributed by atoms with Crippen molar-refractivity contribution in [2.45, 2.75) is 25.6 Å². The average molecular weight is 614 g/mol. The first kappa shape index (κ1) is 31.7. The summed E-state index contributed by atoms with van der Waals surface area (Å²) < 4.78 is 83.6. The number of nitrogens with one attached hydrogen (secondary N) is 1. The molecule has 44 heavy (non-hydrogen) atoms. The van der Waals surface area contributed by atoms with Crippen molar-refractivity contribution in [1.82, 2.24) is 5.32 Å². The molecule has 4 aromatic rings. The molecule has 0 spiro atoms. The van der Waals surface area contributed by atoms with Gasteiger partial charge in [-0.25, -0.2) is 22.8 Å². The van der Waals surface area contributed by atoms with Crippen LogP contribution in [0.15, 0.2) is 84.9 Å². The van der Waals surface area contributed by atoms with Crippen molar-refractivity contribution < 1.29 is 50.5 Å². The Balaban J connectivity index is 1.43. The number of hydrogen-bond acceptors (Lipinski definition) is 6. The smallest absolute Gasteiger partial charge is 0.407 e. The van der Waals surface area contributed by atoms with E-state index in [1.807, 2.05) is 30.3 Å². The predicted molar refractivity (Wildman–Crippen MR) is 147 cm³/mol. The third-order valence-corrected chi connectivity index (χ3v) is 6.21. The van der Waals surface area contributed by atoms with Crippen molar-refractivity contribution in [3.05, 3.63) is 125 Å². The fourth-order valence-electron chi connectivity index (χ4n) is 3.96. The van der Waals surface area contributed by atoms with Gasteiger partial charge in [0.2, 0.25) is 40.9 Å². The average Bonchev–Trinajstić information content (AvgIpc) is 3.04. The van der Waals surface area contributed by atoms with Crippen molar-refractivity contribution >= 4 is 18.0 Å². The van der Waals surface area contributed by atoms with Crippen LogP contribution in [0.25, 0.3) is 11.1 Å². The van der Waals surface area contributed by atoms with Gasteiger partial charge >= 0.3 is 18.0 Å². The molecule has 0 radical (unpaired) electrons. The zero-order chi connectivity index (χ0) is 31.6. The summed E-state index contributed by atoms with van der Waals surface area (Å²) >= 11 is 0. The first-order valence-electron chi connectivity index (χ1n) is 13.2. The van der Waals surface area contributed by atoms with E-state index in [9.17, 15) is 36.3 Å². The molecule has 1 atom stereocenters. The van der Waals surface area contributed by atoms with Gasteiger partial charge in [0.25, 0.3) is 0 Å². The van der Waals surface area contributed by atoms with Gasteiger partial charge < -0.3 is 19.5 Å². The molecule has 4 rings (SSSR count). The Morgan fingerprint density at radius 2 is 1.20 bits per heavy atom. The number of hydrogen-bond donors (Lipinski definition) is 1. The van der Waals surface area contributed by atoms with Crippen molar-refractivity contribution in [3.63, 3.8) is 0 Å². The first-order chi connectivity index (χ1) is 21.1. The summed E-state index contributed by atoms with van der Waals surface area (Å²) in [6, 6.07) is 24.9. The normalized spacial score (nSPS) is 11.4. The summed E-state index contributed by atoms with van der Waals surface area (Å²) in [7, 11) is 0. The van der Waals surface area contributed by atoms with Gasteiger partial charge in [-0.05, 0) is 22.3 Å². The van der Waals surface area contributed by atoms with Crippen molar-refractivity contribution in [3.8, 4) is 16.9 Å². The Hall–Kier alpha value is -5.26. The lowest BCUT2D eigenvalue weighted by molar-refractivity contribution is -0.162. The highest BCUT2D eigenvalue weighted by Gasteiger charge is 2.32. The molecular weight excluding hydrogens is 589 g/mol. The number of rotatable bonds is 11. The monoisotopic (exact) mass is 613 g/mol. The van der Waals surface area contributed by atoms with E-state index in [2.05, 4.69) is 10.1 Å². The van der Waals surface area contributed by atoms with Gasteiger partial charge in [0.15, 0.2) is 0 Å². The number of halogens is 5. The Morgan fingerprint density at radius 1 is 0.659 bits per heavy atom. The van der Waals surface area contributed by atoms with Gasteiger partial charge in [-0.1, -0.05) is 84.9 Å². The van der Waals surface area contributed by atoms with Gasteiger partial charge in [-0.2, -0.15) is 8.78 Å². The second-order valence-electron chi connectivity index (χ2n) is 9.32. The van der Waals surface area contributed by atoms with Crippen molar-refractivity contribution in [2.75, 3.05) is 6.54 Å². The molecule has 0 saturated heterocycles. The van der Waals surface area contributed by atoms with Crippen molar-refractivity contribution in [2.24, 2.45) is 0 Å². The van der Waals surface area contributed by atoms with Crippen LogP contribution in [0.5, 0.6) is 5.75 Å². The molecule has 1 amide bonds. The maximum atomic E-state index is 14.1. The minimum atomic E-state index is -2.45. The molecule has 4 aromatic carbocycles. The quantitative estimate of drug-likeness (QED) is 0.0690. The number of alkyl carbamates (subject to hydrolysis) is 1. The molecule has 1 unspecified atom stereocenters. The summed E-state index contributed by atoms with van der Waals surface area (Å²) in [4.78, 5) is 37.6. The number of benzene rings is 4. The minimum absolute atomic E-state index is 0.0730. The van der Waals surface area contributed by atoms with Crippen LogP contribution < -0.4 is 10.1 Å². The van der Waals surface area contributed by atoms with Crippen LogP contribution in [0.2, 0.25) is 0 Å². The van der Waals surface area contributed by atoms with E-state index < -0.39 is 65.4 Å². The zero-order valence-corrected chi connectivity index (χ0v) is 22.8. The summed E-state index contributed by atoms with van der Waals surface area (Å²) in [6.45, 7) is -0.431. The molecule has 12 heteroatoms. The third kappa shape index (κ3) is 8.18. The Morgan fingerprint density at radius 3 is 1.82 bits per heavy atom. The first-order valence-corrected chi connectivity index (χ1v) is 13.2. The molecule has 7 nitrogen and oxygen atoms in total. The van der Waals surface area contributed by atoms with E-state index in [0.29, 0.717) is 11.1 Å². The van der Waals surface area contributed by atoms with Crippen LogP contribution in [-0.2, 0) is 32.1 Å². The van der Waals surface area contributed by atoms with E-state index >= 15 is 0 Å². The molecule has 0 bridgehead atoms. The number of amides is 1. The zero-order valence-electron chi connectivity index (χ0n) is 22.8.